The fraction of sp³-hybridized carbons (Fsp3) is 0.800. The molecule has 0 bridgehead atoms. The van der Waals surface area contributed by atoms with Gasteiger partial charge in [0.15, 0.2) is 0 Å². The molecular formula is C10H21NO2. The number of aliphatic hydroxyl groups is 2. The first-order valence-electron chi connectivity index (χ1n) is 4.89. The van der Waals surface area contributed by atoms with E-state index in [1.54, 1.807) is 20.0 Å². The van der Waals surface area contributed by atoms with Crippen molar-refractivity contribution < 1.29 is 10.2 Å². The highest BCUT2D eigenvalue weighted by Crippen LogP contribution is 2.03. The van der Waals surface area contributed by atoms with Gasteiger partial charge in [-0.2, -0.15) is 0 Å². The van der Waals surface area contributed by atoms with Crippen LogP contribution in [-0.4, -0.2) is 27.6 Å². The summed E-state index contributed by atoms with van der Waals surface area (Å²) in [6.07, 6.45) is 5.74. The van der Waals surface area contributed by atoms with Crippen LogP contribution in [0.3, 0.4) is 0 Å². The molecule has 0 fully saturated rings. The summed E-state index contributed by atoms with van der Waals surface area (Å²) in [6.45, 7) is 5.41. The first-order valence-corrected chi connectivity index (χ1v) is 4.89. The summed E-state index contributed by atoms with van der Waals surface area (Å²) in [4.78, 5) is 1.51. The lowest BCUT2D eigenvalue weighted by Gasteiger charge is -2.26. The predicted octanol–water partition coefficient (Wildman–Crippen LogP) is 1.67. The Balaban J connectivity index is 3.87. The van der Waals surface area contributed by atoms with Gasteiger partial charge in [-0.25, -0.2) is 0 Å². The molecule has 0 rings (SSSR count). The van der Waals surface area contributed by atoms with Crippen molar-refractivity contribution in [2.24, 2.45) is 0 Å². The zero-order chi connectivity index (χ0) is 10.3. The van der Waals surface area contributed by atoms with Crippen molar-refractivity contribution in [3.05, 3.63) is 12.3 Å². The minimum absolute atomic E-state index is 0.641. The lowest BCUT2D eigenvalue weighted by molar-refractivity contribution is -0.0513. The Labute approximate surface area is 80.7 Å². The highest BCUT2D eigenvalue weighted by molar-refractivity contribution is 4.83. The van der Waals surface area contributed by atoms with Crippen LogP contribution in [0.2, 0.25) is 0 Å². The van der Waals surface area contributed by atoms with Crippen molar-refractivity contribution in [1.29, 1.82) is 0 Å². The third-order valence-corrected chi connectivity index (χ3v) is 1.86. The third-order valence-electron chi connectivity index (χ3n) is 1.86. The van der Waals surface area contributed by atoms with Gasteiger partial charge in [0, 0.05) is 6.20 Å². The molecule has 0 aromatic rings. The Morgan fingerprint density at radius 1 is 1.23 bits per heavy atom. The normalized spacial score (nSPS) is 16.1. The van der Waals surface area contributed by atoms with Gasteiger partial charge < -0.3 is 15.1 Å². The molecule has 0 aliphatic heterocycles. The molecule has 2 atom stereocenters. The number of rotatable bonds is 6. The Bertz CT molecular complexity index is 136. The Kier molecular flexibility index (Phi) is 6.63. The summed E-state index contributed by atoms with van der Waals surface area (Å²) in [6, 6.07) is 0. The second kappa shape index (κ2) is 6.92. The zero-order valence-corrected chi connectivity index (χ0v) is 8.77. The summed E-state index contributed by atoms with van der Waals surface area (Å²) in [5, 5.41) is 18.5. The van der Waals surface area contributed by atoms with Crippen LogP contribution in [0.5, 0.6) is 0 Å². The van der Waals surface area contributed by atoms with Gasteiger partial charge in [0.2, 0.25) is 0 Å². The molecule has 78 valence electrons. The summed E-state index contributed by atoms with van der Waals surface area (Å²) < 4.78 is 0. The molecule has 13 heavy (non-hydrogen) atoms. The summed E-state index contributed by atoms with van der Waals surface area (Å²) in [5.41, 5.74) is 0. The van der Waals surface area contributed by atoms with Gasteiger partial charge in [-0.3, -0.25) is 0 Å². The maximum absolute atomic E-state index is 9.25. The average Bonchev–Trinajstić information content (AvgIpc) is 2.02. The van der Waals surface area contributed by atoms with E-state index in [9.17, 15) is 10.2 Å². The molecule has 2 unspecified atom stereocenters. The standard InChI is InChI=1S/C10H21NO2/c1-4-5-6-7-8-11(9(2)12)10(3)13/h7-10,12-13H,4-6H2,1-3H3. The molecule has 3 nitrogen and oxygen atoms in total. The van der Waals surface area contributed by atoms with Crippen LogP contribution in [-0.2, 0) is 0 Å². The van der Waals surface area contributed by atoms with Gasteiger partial charge in [0.05, 0.1) is 0 Å². The van der Waals surface area contributed by atoms with Crippen molar-refractivity contribution in [3.63, 3.8) is 0 Å². The molecule has 0 amide bonds. The van der Waals surface area contributed by atoms with E-state index in [-0.39, 0.29) is 0 Å². The SMILES string of the molecule is CCCCC=CN(C(C)O)C(C)O. The molecule has 2 N–H and O–H groups in total. The van der Waals surface area contributed by atoms with Crippen LogP contribution < -0.4 is 0 Å². The topological polar surface area (TPSA) is 43.7 Å². The first kappa shape index (κ1) is 12.5. The lowest BCUT2D eigenvalue weighted by Crippen LogP contribution is -2.35. The second-order valence-corrected chi connectivity index (χ2v) is 3.24. The molecule has 0 aromatic heterocycles. The van der Waals surface area contributed by atoms with Crippen molar-refractivity contribution in [3.8, 4) is 0 Å². The van der Waals surface area contributed by atoms with E-state index in [2.05, 4.69) is 6.92 Å². The third kappa shape index (κ3) is 5.66. The molecule has 0 saturated heterocycles. The molecule has 0 saturated carbocycles. The average molecular weight is 187 g/mol. The van der Waals surface area contributed by atoms with Gasteiger partial charge in [-0.15, -0.1) is 0 Å². The summed E-state index contributed by atoms with van der Waals surface area (Å²) >= 11 is 0. The number of aliphatic hydroxyl groups excluding tert-OH is 2. The summed E-state index contributed by atoms with van der Waals surface area (Å²) in [5.74, 6) is 0. The van der Waals surface area contributed by atoms with Gasteiger partial charge in [0.1, 0.15) is 12.5 Å². The molecular weight excluding hydrogens is 166 g/mol. The maximum atomic E-state index is 9.25. The Morgan fingerprint density at radius 3 is 2.15 bits per heavy atom. The van der Waals surface area contributed by atoms with E-state index < -0.39 is 12.5 Å². The summed E-state index contributed by atoms with van der Waals surface area (Å²) in [7, 11) is 0. The van der Waals surface area contributed by atoms with Crippen molar-refractivity contribution in [1.82, 2.24) is 4.90 Å². The zero-order valence-electron chi connectivity index (χ0n) is 8.77. The molecule has 0 aliphatic rings. The monoisotopic (exact) mass is 187 g/mol. The number of nitrogens with zero attached hydrogens (tertiary/aromatic N) is 1. The van der Waals surface area contributed by atoms with Crippen molar-refractivity contribution in [2.75, 3.05) is 0 Å². The second-order valence-electron chi connectivity index (χ2n) is 3.24. The van der Waals surface area contributed by atoms with Crippen LogP contribution in [0.4, 0.5) is 0 Å². The lowest BCUT2D eigenvalue weighted by atomic mass is 10.2. The Morgan fingerprint density at radius 2 is 1.77 bits per heavy atom. The molecule has 0 spiro atoms. The van der Waals surface area contributed by atoms with E-state index in [0.717, 1.165) is 19.3 Å². The quantitative estimate of drug-likeness (QED) is 0.491. The highest BCUT2D eigenvalue weighted by atomic mass is 16.3. The highest BCUT2D eigenvalue weighted by Gasteiger charge is 2.09. The van der Waals surface area contributed by atoms with Crippen LogP contribution >= 0.6 is 0 Å². The van der Waals surface area contributed by atoms with Gasteiger partial charge in [-0.1, -0.05) is 25.8 Å². The molecule has 0 radical (unpaired) electrons. The number of allylic oxidation sites excluding steroid dienone is 1. The number of unbranched alkanes of at least 4 members (excludes halogenated alkanes) is 2. The van der Waals surface area contributed by atoms with E-state index in [1.807, 2.05) is 6.08 Å². The van der Waals surface area contributed by atoms with Gasteiger partial charge >= 0.3 is 0 Å². The van der Waals surface area contributed by atoms with Crippen molar-refractivity contribution >= 4 is 0 Å². The van der Waals surface area contributed by atoms with Crippen molar-refractivity contribution in [2.45, 2.75) is 52.5 Å². The fourth-order valence-corrected chi connectivity index (χ4v) is 1.08. The van der Waals surface area contributed by atoms with E-state index in [1.165, 1.54) is 4.90 Å². The minimum Gasteiger partial charge on any atom is -0.374 e. The van der Waals surface area contributed by atoms with E-state index >= 15 is 0 Å². The first-order chi connectivity index (χ1) is 6.09. The molecule has 0 aliphatic carbocycles. The molecule has 0 aromatic carbocycles. The Hall–Kier alpha value is -0.540. The van der Waals surface area contributed by atoms with Crippen LogP contribution in [0, 0.1) is 0 Å². The largest absolute Gasteiger partial charge is 0.374 e. The van der Waals surface area contributed by atoms with E-state index in [0.29, 0.717) is 0 Å². The number of hydrogen-bond acceptors (Lipinski definition) is 3. The van der Waals surface area contributed by atoms with E-state index in [4.69, 9.17) is 0 Å². The smallest absolute Gasteiger partial charge is 0.125 e. The van der Waals surface area contributed by atoms with Crippen LogP contribution in [0.1, 0.15) is 40.0 Å². The van der Waals surface area contributed by atoms with Gasteiger partial charge in [-0.05, 0) is 20.3 Å². The fourth-order valence-electron chi connectivity index (χ4n) is 1.08. The van der Waals surface area contributed by atoms with Crippen LogP contribution in [0.15, 0.2) is 12.3 Å². The minimum atomic E-state index is -0.641. The molecule has 3 heteroatoms. The van der Waals surface area contributed by atoms with Gasteiger partial charge in [0.25, 0.3) is 0 Å². The predicted molar refractivity (Wildman–Crippen MR) is 53.9 cm³/mol. The number of hydrogen-bond donors (Lipinski definition) is 2. The maximum Gasteiger partial charge on any atom is 0.125 e. The van der Waals surface area contributed by atoms with Crippen LogP contribution in [0.25, 0.3) is 0 Å². The molecule has 0 heterocycles.